The molecule has 0 unspecified atom stereocenters. The van der Waals surface area contributed by atoms with Gasteiger partial charge in [-0.25, -0.2) is 0 Å². The first-order valence-corrected chi connectivity index (χ1v) is 5.92. The summed E-state index contributed by atoms with van der Waals surface area (Å²) in [5.41, 5.74) is 0. The highest BCUT2D eigenvalue weighted by molar-refractivity contribution is 4.96. The van der Waals surface area contributed by atoms with Crippen molar-refractivity contribution in [3.8, 4) is 0 Å². The Hall–Kier alpha value is -0.940. The van der Waals surface area contributed by atoms with Gasteiger partial charge in [-0.15, -0.1) is 0 Å². The Morgan fingerprint density at radius 2 is 2.50 bits per heavy atom. The van der Waals surface area contributed by atoms with Gasteiger partial charge in [-0.2, -0.15) is 4.98 Å². The number of piperidine rings is 1. The minimum Gasteiger partial charge on any atom is -0.385 e. The summed E-state index contributed by atoms with van der Waals surface area (Å²) >= 11 is 0. The lowest BCUT2D eigenvalue weighted by Crippen LogP contribution is -2.28. The molecule has 5 heteroatoms. The standard InChI is InChI=1S/C11H19N3O2/c1-15-7-3-5-10-13-11(16-14-10)9-4-2-6-12-8-9/h9,12H,2-8H2,1H3/t9-/m0/s1. The minimum atomic E-state index is 0.400. The van der Waals surface area contributed by atoms with Gasteiger partial charge in [-0.1, -0.05) is 5.16 Å². The summed E-state index contributed by atoms with van der Waals surface area (Å²) in [6.45, 7) is 2.81. The lowest BCUT2D eigenvalue weighted by molar-refractivity contribution is 0.194. The summed E-state index contributed by atoms with van der Waals surface area (Å²) in [6.07, 6.45) is 4.11. The van der Waals surface area contributed by atoms with Crippen molar-refractivity contribution < 1.29 is 9.26 Å². The van der Waals surface area contributed by atoms with E-state index in [0.29, 0.717) is 5.92 Å². The Bertz CT molecular complexity index is 308. The first kappa shape index (κ1) is 11.5. The molecule has 0 radical (unpaired) electrons. The summed E-state index contributed by atoms with van der Waals surface area (Å²) < 4.78 is 10.3. The van der Waals surface area contributed by atoms with Crippen molar-refractivity contribution in [1.29, 1.82) is 0 Å². The Morgan fingerprint density at radius 1 is 1.56 bits per heavy atom. The first-order valence-electron chi connectivity index (χ1n) is 5.92. The third-order valence-corrected chi connectivity index (χ3v) is 2.88. The molecule has 1 N–H and O–H groups in total. The van der Waals surface area contributed by atoms with E-state index in [1.54, 1.807) is 7.11 Å². The van der Waals surface area contributed by atoms with E-state index >= 15 is 0 Å². The molecule has 0 amide bonds. The number of ether oxygens (including phenoxy) is 1. The van der Waals surface area contributed by atoms with Crippen LogP contribution >= 0.6 is 0 Å². The van der Waals surface area contributed by atoms with Gasteiger partial charge in [0.05, 0.1) is 5.92 Å². The lowest BCUT2D eigenvalue weighted by atomic mass is 10.00. The van der Waals surface area contributed by atoms with E-state index in [9.17, 15) is 0 Å². The van der Waals surface area contributed by atoms with Crippen molar-refractivity contribution in [1.82, 2.24) is 15.5 Å². The summed E-state index contributed by atoms with van der Waals surface area (Å²) in [6, 6.07) is 0. The van der Waals surface area contributed by atoms with Crippen molar-refractivity contribution in [2.75, 3.05) is 26.8 Å². The van der Waals surface area contributed by atoms with Gasteiger partial charge in [0, 0.05) is 26.7 Å². The number of hydrogen-bond donors (Lipinski definition) is 1. The summed E-state index contributed by atoms with van der Waals surface area (Å²) in [5, 5.41) is 7.34. The monoisotopic (exact) mass is 225 g/mol. The minimum absolute atomic E-state index is 0.400. The van der Waals surface area contributed by atoms with Crippen LogP contribution in [0.25, 0.3) is 0 Å². The number of nitrogens with zero attached hydrogens (tertiary/aromatic N) is 2. The van der Waals surface area contributed by atoms with Crippen LogP contribution in [0.15, 0.2) is 4.52 Å². The van der Waals surface area contributed by atoms with Crippen LogP contribution in [0.2, 0.25) is 0 Å². The summed E-state index contributed by atoms with van der Waals surface area (Å²) in [4.78, 5) is 4.43. The molecule has 1 atom stereocenters. The maximum atomic E-state index is 5.29. The fourth-order valence-corrected chi connectivity index (χ4v) is 1.97. The summed E-state index contributed by atoms with van der Waals surface area (Å²) in [5.74, 6) is 2.00. The average Bonchev–Trinajstić information content (AvgIpc) is 2.79. The molecule has 1 aromatic heterocycles. The van der Waals surface area contributed by atoms with Gasteiger partial charge in [-0.3, -0.25) is 0 Å². The van der Waals surface area contributed by atoms with Crippen LogP contribution in [0.3, 0.4) is 0 Å². The fraction of sp³-hybridized carbons (Fsp3) is 0.818. The van der Waals surface area contributed by atoms with E-state index < -0.39 is 0 Å². The third kappa shape index (κ3) is 3.02. The molecule has 0 spiro atoms. The zero-order valence-corrected chi connectivity index (χ0v) is 9.74. The average molecular weight is 225 g/mol. The second kappa shape index (κ2) is 5.96. The van der Waals surface area contributed by atoms with E-state index in [-0.39, 0.29) is 0 Å². The quantitative estimate of drug-likeness (QED) is 0.761. The molecule has 1 aliphatic rings. The van der Waals surface area contributed by atoms with E-state index in [4.69, 9.17) is 9.26 Å². The largest absolute Gasteiger partial charge is 0.385 e. The normalized spacial score (nSPS) is 21.2. The molecular formula is C11H19N3O2. The predicted octanol–water partition coefficient (Wildman–Crippen LogP) is 1.12. The Morgan fingerprint density at radius 3 is 3.25 bits per heavy atom. The van der Waals surface area contributed by atoms with E-state index in [2.05, 4.69) is 15.5 Å². The van der Waals surface area contributed by atoms with Gasteiger partial charge in [0.2, 0.25) is 5.89 Å². The molecule has 0 saturated carbocycles. The van der Waals surface area contributed by atoms with Crippen molar-refractivity contribution >= 4 is 0 Å². The topological polar surface area (TPSA) is 60.2 Å². The van der Waals surface area contributed by atoms with Crippen molar-refractivity contribution in [3.05, 3.63) is 11.7 Å². The predicted molar refractivity (Wildman–Crippen MR) is 59.3 cm³/mol. The van der Waals surface area contributed by atoms with Gasteiger partial charge in [-0.05, 0) is 25.8 Å². The fourth-order valence-electron chi connectivity index (χ4n) is 1.97. The van der Waals surface area contributed by atoms with Crippen LogP contribution in [-0.4, -0.2) is 36.9 Å². The Labute approximate surface area is 95.6 Å². The second-order valence-corrected chi connectivity index (χ2v) is 4.19. The Balaban J connectivity index is 1.85. The maximum absolute atomic E-state index is 5.29. The second-order valence-electron chi connectivity index (χ2n) is 4.19. The first-order chi connectivity index (χ1) is 7.90. The van der Waals surface area contributed by atoms with Crippen molar-refractivity contribution in [3.63, 3.8) is 0 Å². The Kier molecular flexibility index (Phi) is 4.30. The van der Waals surface area contributed by atoms with Gasteiger partial charge in [0.1, 0.15) is 0 Å². The molecule has 2 heterocycles. The van der Waals surface area contributed by atoms with E-state index in [1.807, 2.05) is 0 Å². The van der Waals surface area contributed by atoms with Gasteiger partial charge in [0.25, 0.3) is 0 Å². The number of nitrogens with one attached hydrogen (secondary N) is 1. The molecule has 1 saturated heterocycles. The number of rotatable bonds is 5. The maximum Gasteiger partial charge on any atom is 0.231 e. The van der Waals surface area contributed by atoms with Crippen LogP contribution in [-0.2, 0) is 11.2 Å². The van der Waals surface area contributed by atoms with Crippen molar-refractivity contribution in [2.45, 2.75) is 31.6 Å². The van der Waals surface area contributed by atoms with Gasteiger partial charge < -0.3 is 14.6 Å². The molecule has 0 aliphatic carbocycles. The lowest BCUT2D eigenvalue weighted by Gasteiger charge is -2.18. The molecular weight excluding hydrogens is 206 g/mol. The molecule has 90 valence electrons. The zero-order valence-electron chi connectivity index (χ0n) is 9.74. The van der Waals surface area contributed by atoms with E-state index in [0.717, 1.165) is 50.7 Å². The van der Waals surface area contributed by atoms with Crippen LogP contribution in [0.4, 0.5) is 0 Å². The molecule has 1 fully saturated rings. The van der Waals surface area contributed by atoms with Crippen LogP contribution in [0.1, 0.15) is 36.9 Å². The SMILES string of the molecule is COCCCc1noc([C@H]2CCCNC2)n1. The van der Waals surface area contributed by atoms with Gasteiger partial charge >= 0.3 is 0 Å². The molecule has 2 rings (SSSR count). The number of aromatic nitrogens is 2. The smallest absolute Gasteiger partial charge is 0.231 e. The molecule has 1 aromatic rings. The molecule has 0 aromatic carbocycles. The molecule has 1 aliphatic heterocycles. The highest BCUT2D eigenvalue weighted by Crippen LogP contribution is 2.21. The van der Waals surface area contributed by atoms with Gasteiger partial charge in [0.15, 0.2) is 5.82 Å². The number of hydrogen-bond acceptors (Lipinski definition) is 5. The molecule has 16 heavy (non-hydrogen) atoms. The van der Waals surface area contributed by atoms with Crippen LogP contribution < -0.4 is 5.32 Å². The number of aryl methyl sites for hydroxylation is 1. The summed E-state index contributed by atoms with van der Waals surface area (Å²) in [7, 11) is 1.70. The van der Waals surface area contributed by atoms with Crippen LogP contribution in [0.5, 0.6) is 0 Å². The highest BCUT2D eigenvalue weighted by atomic mass is 16.5. The third-order valence-electron chi connectivity index (χ3n) is 2.88. The van der Waals surface area contributed by atoms with E-state index in [1.165, 1.54) is 6.42 Å². The number of methoxy groups -OCH3 is 1. The highest BCUT2D eigenvalue weighted by Gasteiger charge is 2.20. The van der Waals surface area contributed by atoms with Crippen molar-refractivity contribution in [2.24, 2.45) is 0 Å². The zero-order chi connectivity index (χ0) is 11.2. The molecule has 5 nitrogen and oxygen atoms in total. The van der Waals surface area contributed by atoms with Crippen LogP contribution in [0, 0.1) is 0 Å². The molecule has 0 bridgehead atoms.